The molecule has 19 heavy (non-hydrogen) atoms. The molecule has 0 aliphatic rings. The van der Waals surface area contributed by atoms with E-state index in [-0.39, 0.29) is 19.0 Å². The molecule has 0 amide bonds. The summed E-state index contributed by atoms with van der Waals surface area (Å²) < 4.78 is 10.7. The smallest absolute Gasteiger partial charge is 0.372 e. The average molecular weight is 262 g/mol. The SMILES string of the molecule is Cc1cc(COc2cccc(CO)c2)oc1C(=O)O. The van der Waals surface area contributed by atoms with Crippen molar-refractivity contribution in [3.63, 3.8) is 0 Å². The van der Waals surface area contributed by atoms with Crippen molar-refractivity contribution >= 4 is 5.97 Å². The molecule has 100 valence electrons. The lowest BCUT2D eigenvalue weighted by atomic mass is 10.2. The fraction of sp³-hybridized carbons (Fsp3) is 0.214. The number of aromatic carboxylic acids is 1. The maximum absolute atomic E-state index is 10.8. The van der Waals surface area contributed by atoms with Gasteiger partial charge in [0.15, 0.2) is 0 Å². The van der Waals surface area contributed by atoms with Crippen LogP contribution < -0.4 is 4.74 Å². The van der Waals surface area contributed by atoms with Crippen LogP contribution in [0.4, 0.5) is 0 Å². The van der Waals surface area contributed by atoms with Gasteiger partial charge in [0.2, 0.25) is 5.76 Å². The first-order valence-electron chi connectivity index (χ1n) is 5.75. The first kappa shape index (κ1) is 13.2. The van der Waals surface area contributed by atoms with Crippen LogP contribution in [0, 0.1) is 6.92 Å². The minimum atomic E-state index is -1.09. The molecule has 0 radical (unpaired) electrons. The lowest BCUT2D eigenvalue weighted by Gasteiger charge is -2.05. The van der Waals surface area contributed by atoms with Crippen molar-refractivity contribution in [2.45, 2.75) is 20.1 Å². The predicted octanol–water partition coefficient (Wildman–Crippen LogP) is 2.36. The first-order chi connectivity index (χ1) is 9.10. The maximum atomic E-state index is 10.8. The minimum Gasteiger partial charge on any atom is -0.486 e. The van der Waals surface area contributed by atoms with Gasteiger partial charge in [-0.1, -0.05) is 12.1 Å². The molecule has 1 heterocycles. The quantitative estimate of drug-likeness (QED) is 0.864. The number of benzene rings is 1. The van der Waals surface area contributed by atoms with Crippen LogP contribution in [0.25, 0.3) is 0 Å². The highest BCUT2D eigenvalue weighted by atomic mass is 16.5. The zero-order valence-electron chi connectivity index (χ0n) is 10.4. The lowest BCUT2D eigenvalue weighted by molar-refractivity contribution is 0.0657. The van der Waals surface area contributed by atoms with E-state index in [1.807, 2.05) is 0 Å². The summed E-state index contributed by atoms with van der Waals surface area (Å²) in [6.45, 7) is 1.76. The number of hydrogen-bond acceptors (Lipinski definition) is 4. The van der Waals surface area contributed by atoms with Crippen LogP contribution in [0.5, 0.6) is 5.75 Å². The van der Waals surface area contributed by atoms with Gasteiger partial charge in [0.1, 0.15) is 18.1 Å². The van der Waals surface area contributed by atoms with Gasteiger partial charge in [-0.2, -0.15) is 0 Å². The number of hydrogen-bond donors (Lipinski definition) is 2. The van der Waals surface area contributed by atoms with Crippen molar-refractivity contribution < 1.29 is 24.2 Å². The van der Waals surface area contributed by atoms with E-state index in [1.54, 1.807) is 37.3 Å². The van der Waals surface area contributed by atoms with Crippen LogP contribution >= 0.6 is 0 Å². The molecule has 1 aromatic carbocycles. The van der Waals surface area contributed by atoms with Crippen LogP contribution in [0.3, 0.4) is 0 Å². The zero-order valence-corrected chi connectivity index (χ0v) is 10.4. The molecular weight excluding hydrogens is 248 g/mol. The monoisotopic (exact) mass is 262 g/mol. The standard InChI is InChI=1S/C14H14O5/c1-9-5-12(19-13(9)14(16)17)8-18-11-4-2-3-10(6-11)7-15/h2-6,15H,7-8H2,1H3,(H,16,17). The molecule has 2 rings (SSSR count). The van der Waals surface area contributed by atoms with Crippen molar-refractivity contribution in [1.29, 1.82) is 0 Å². The summed E-state index contributed by atoms with van der Waals surface area (Å²) in [4.78, 5) is 10.8. The Morgan fingerprint density at radius 1 is 1.37 bits per heavy atom. The Hall–Kier alpha value is -2.27. The summed E-state index contributed by atoms with van der Waals surface area (Å²) in [5.41, 5.74) is 1.31. The van der Waals surface area contributed by atoms with E-state index in [2.05, 4.69) is 0 Å². The van der Waals surface area contributed by atoms with Crippen molar-refractivity contribution in [3.8, 4) is 5.75 Å². The van der Waals surface area contributed by atoms with E-state index in [0.29, 0.717) is 17.1 Å². The molecule has 1 aromatic heterocycles. The van der Waals surface area contributed by atoms with Gasteiger partial charge in [0, 0.05) is 5.56 Å². The Kier molecular flexibility index (Phi) is 3.87. The largest absolute Gasteiger partial charge is 0.486 e. The second-order valence-electron chi connectivity index (χ2n) is 4.12. The molecule has 2 N–H and O–H groups in total. The molecule has 0 spiro atoms. The molecule has 5 heteroatoms. The zero-order chi connectivity index (χ0) is 13.8. The highest BCUT2D eigenvalue weighted by Crippen LogP contribution is 2.18. The van der Waals surface area contributed by atoms with Crippen LogP contribution in [-0.4, -0.2) is 16.2 Å². The van der Waals surface area contributed by atoms with Gasteiger partial charge in [-0.3, -0.25) is 0 Å². The number of carboxylic acids is 1. The normalized spacial score (nSPS) is 10.4. The second-order valence-corrected chi connectivity index (χ2v) is 4.12. The van der Waals surface area contributed by atoms with E-state index in [4.69, 9.17) is 19.4 Å². The molecule has 0 saturated heterocycles. The van der Waals surface area contributed by atoms with Crippen molar-refractivity contribution in [3.05, 3.63) is 53.0 Å². The molecule has 0 aliphatic heterocycles. The van der Waals surface area contributed by atoms with Gasteiger partial charge in [-0.15, -0.1) is 0 Å². The summed E-state index contributed by atoms with van der Waals surface area (Å²) in [5.74, 6) is -0.115. The molecule has 0 aliphatic carbocycles. The molecule has 2 aromatic rings. The highest BCUT2D eigenvalue weighted by molar-refractivity contribution is 5.86. The summed E-state index contributed by atoms with van der Waals surface area (Å²) >= 11 is 0. The number of aliphatic hydroxyl groups is 1. The van der Waals surface area contributed by atoms with Gasteiger partial charge in [0.05, 0.1) is 6.61 Å². The van der Waals surface area contributed by atoms with Crippen LogP contribution in [0.2, 0.25) is 0 Å². The third kappa shape index (κ3) is 3.14. The highest BCUT2D eigenvalue weighted by Gasteiger charge is 2.14. The minimum absolute atomic E-state index is 0.0553. The molecule has 0 bridgehead atoms. The Balaban J connectivity index is 2.06. The number of carbonyl (C=O) groups is 1. The molecule has 5 nitrogen and oxygen atoms in total. The molecular formula is C14H14O5. The summed E-state index contributed by atoms with van der Waals surface area (Å²) in [7, 11) is 0. The van der Waals surface area contributed by atoms with Gasteiger partial charge in [0.25, 0.3) is 0 Å². The molecule has 0 atom stereocenters. The Morgan fingerprint density at radius 3 is 2.79 bits per heavy atom. The van der Waals surface area contributed by atoms with Gasteiger partial charge < -0.3 is 19.4 Å². The maximum Gasteiger partial charge on any atom is 0.372 e. The molecule has 0 saturated carbocycles. The Morgan fingerprint density at radius 2 is 2.16 bits per heavy atom. The average Bonchev–Trinajstić information content (AvgIpc) is 2.78. The van der Waals surface area contributed by atoms with E-state index in [9.17, 15) is 4.79 Å². The third-order valence-corrected chi connectivity index (χ3v) is 2.63. The van der Waals surface area contributed by atoms with Crippen molar-refractivity contribution in [2.24, 2.45) is 0 Å². The van der Waals surface area contributed by atoms with E-state index >= 15 is 0 Å². The predicted molar refractivity (Wildman–Crippen MR) is 67.1 cm³/mol. The Labute approximate surface area is 110 Å². The summed E-state index contributed by atoms with van der Waals surface area (Å²) in [6.07, 6.45) is 0. The topological polar surface area (TPSA) is 79.9 Å². The number of rotatable bonds is 5. The Bertz CT molecular complexity index is 585. The fourth-order valence-corrected chi connectivity index (χ4v) is 1.72. The van der Waals surface area contributed by atoms with Crippen LogP contribution in [0.15, 0.2) is 34.7 Å². The summed E-state index contributed by atoms with van der Waals surface area (Å²) in [6, 6.07) is 8.67. The fourth-order valence-electron chi connectivity index (χ4n) is 1.72. The molecule has 0 unspecified atom stereocenters. The lowest BCUT2D eigenvalue weighted by Crippen LogP contribution is -1.96. The molecule has 0 fully saturated rings. The second kappa shape index (κ2) is 5.58. The first-order valence-corrected chi connectivity index (χ1v) is 5.75. The third-order valence-electron chi connectivity index (χ3n) is 2.63. The number of carboxylic acid groups (broad SMARTS) is 1. The number of ether oxygens (including phenoxy) is 1. The number of aryl methyl sites for hydroxylation is 1. The number of furan rings is 1. The van der Waals surface area contributed by atoms with Gasteiger partial charge in [-0.05, 0) is 30.7 Å². The number of aliphatic hydroxyl groups excluding tert-OH is 1. The van der Waals surface area contributed by atoms with E-state index in [1.165, 1.54) is 0 Å². The van der Waals surface area contributed by atoms with Crippen LogP contribution in [-0.2, 0) is 13.2 Å². The van der Waals surface area contributed by atoms with Crippen molar-refractivity contribution in [1.82, 2.24) is 0 Å². The summed E-state index contributed by atoms with van der Waals surface area (Å²) in [5, 5.41) is 17.9. The van der Waals surface area contributed by atoms with Crippen molar-refractivity contribution in [2.75, 3.05) is 0 Å². The van der Waals surface area contributed by atoms with Gasteiger partial charge >= 0.3 is 5.97 Å². The van der Waals surface area contributed by atoms with E-state index < -0.39 is 5.97 Å². The van der Waals surface area contributed by atoms with Gasteiger partial charge in [-0.25, -0.2) is 4.79 Å². The van der Waals surface area contributed by atoms with E-state index in [0.717, 1.165) is 5.56 Å². The van der Waals surface area contributed by atoms with Crippen LogP contribution in [0.1, 0.15) is 27.4 Å².